The normalized spacial score (nSPS) is 12.6. The number of amides is 1. The Morgan fingerprint density at radius 1 is 0.952 bits per heavy atom. The summed E-state index contributed by atoms with van der Waals surface area (Å²) in [6.07, 6.45) is 1.27. The first-order chi connectivity index (χ1) is 20.3. The van der Waals surface area contributed by atoms with Gasteiger partial charge in [0.15, 0.2) is 28.8 Å². The summed E-state index contributed by atoms with van der Waals surface area (Å²) in [6.45, 7) is 1.31. The van der Waals surface area contributed by atoms with Gasteiger partial charge in [0.05, 0.1) is 49.7 Å². The quantitative estimate of drug-likeness (QED) is 0.255. The van der Waals surface area contributed by atoms with E-state index in [1.165, 1.54) is 39.5 Å². The van der Waals surface area contributed by atoms with E-state index in [1.807, 2.05) is 30.3 Å². The molecule has 42 heavy (non-hydrogen) atoms. The Morgan fingerprint density at radius 2 is 1.69 bits per heavy atom. The number of allylic oxidation sites excluding steroid dienone is 1. The van der Waals surface area contributed by atoms with Gasteiger partial charge >= 0.3 is 0 Å². The zero-order valence-electron chi connectivity index (χ0n) is 23.1. The average molecular weight is 571 g/mol. The van der Waals surface area contributed by atoms with E-state index in [2.05, 4.69) is 15.7 Å². The monoisotopic (exact) mass is 570 g/mol. The number of hydrogen-bond acceptors (Lipinski definition) is 9. The standard InChI is InChI=1S/C31H27FN4O6/c1-18(37)26(38)15-25-22(17-36(35-25)20-7-5-4-6-8-20)31(39)34-19-9-10-28(23(32)13-19)42-27-11-12-33-24-16-30(41-3)29(40-2)14-21(24)27/h4-14,16,35H,15,17H2,1-3H3,(H,34,39). The second-order valence-corrected chi connectivity index (χ2v) is 9.38. The van der Waals surface area contributed by atoms with Crippen LogP contribution < -0.4 is 30.0 Å². The number of para-hydroxylation sites is 1. The fourth-order valence-electron chi connectivity index (χ4n) is 4.45. The fraction of sp³-hybridized carbons (Fsp3) is 0.161. The molecule has 0 aliphatic carbocycles. The molecule has 11 heteroatoms. The van der Waals surface area contributed by atoms with Crippen molar-refractivity contribution in [1.29, 1.82) is 0 Å². The van der Waals surface area contributed by atoms with Crippen molar-refractivity contribution < 1.29 is 33.0 Å². The largest absolute Gasteiger partial charge is 0.493 e. The van der Waals surface area contributed by atoms with Gasteiger partial charge in [0, 0.05) is 36.3 Å². The van der Waals surface area contributed by atoms with E-state index in [-0.39, 0.29) is 30.0 Å². The van der Waals surface area contributed by atoms with Crippen LogP contribution in [0.5, 0.6) is 23.0 Å². The molecule has 0 bridgehead atoms. The number of nitrogens with zero attached hydrogens (tertiary/aromatic N) is 2. The highest BCUT2D eigenvalue weighted by Crippen LogP contribution is 2.37. The Balaban J connectivity index is 1.36. The van der Waals surface area contributed by atoms with Gasteiger partial charge in [-0.15, -0.1) is 0 Å². The molecule has 214 valence electrons. The summed E-state index contributed by atoms with van der Waals surface area (Å²) < 4.78 is 31.8. The van der Waals surface area contributed by atoms with Gasteiger partial charge < -0.3 is 25.0 Å². The molecular weight excluding hydrogens is 543 g/mol. The highest BCUT2D eigenvalue weighted by molar-refractivity contribution is 6.36. The van der Waals surface area contributed by atoms with E-state index in [9.17, 15) is 14.4 Å². The van der Waals surface area contributed by atoms with E-state index >= 15 is 4.39 Å². The van der Waals surface area contributed by atoms with E-state index in [0.29, 0.717) is 33.8 Å². The number of ketones is 2. The number of methoxy groups -OCH3 is 2. The lowest BCUT2D eigenvalue weighted by molar-refractivity contribution is -0.135. The SMILES string of the molecule is COc1cc2nccc(Oc3ccc(NC(=O)C4=C(CC(=O)C(C)=O)NN(c5ccccc5)C4)cc3F)c2cc1OC. The average Bonchev–Trinajstić information content (AvgIpc) is 3.42. The molecule has 1 aliphatic rings. The first-order valence-corrected chi connectivity index (χ1v) is 12.9. The lowest BCUT2D eigenvalue weighted by Gasteiger charge is -2.20. The molecule has 1 amide bonds. The topological polar surface area (TPSA) is 119 Å². The minimum Gasteiger partial charge on any atom is -0.493 e. The molecule has 0 saturated heterocycles. The number of carbonyl (C=O) groups excluding carboxylic acids is 3. The Kier molecular flexibility index (Phi) is 8.00. The van der Waals surface area contributed by atoms with Crippen molar-refractivity contribution in [3.8, 4) is 23.0 Å². The van der Waals surface area contributed by atoms with Crippen molar-refractivity contribution in [2.45, 2.75) is 13.3 Å². The summed E-state index contributed by atoms with van der Waals surface area (Å²) in [4.78, 5) is 41.4. The maximum atomic E-state index is 15.2. The number of carbonyl (C=O) groups is 3. The van der Waals surface area contributed by atoms with Crippen molar-refractivity contribution in [3.63, 3.8) is 0 Å². The van der Waals surface area contributed by atoms with E-state index in [4.69, 9.17) is 14.2 Å². The highest BCUT2D eigenvalue weighted by Gasteiger charge is 2.29. The second kappa shape index (κ2) is 12.0. The van der Waals surface area contributed by atoms with E-state index in [0.717, 1.165) is 11.8 Å². The molecule has 0 spiro atoms. The van der Waals surface area contributed by atoms with Gasteiger partial charge in [-0.3, -0.25) is 24.4 Å². The Morgan fingerprint density at radius 3 is 2.38 bits per heavy atom. The first kappa shape index (κ1) is 28.1. The van der Waals surface area contributed by atoms with E-state index < -0.39 is 23.3 Å². The van der Waals surface area contributed by atoms with Gasteiger partial charge in [-0.2, -0.15) is 0 Å². The molecule has 2 N–H and O–H groups in total. The Labute approximate surface area is 240 Å². The zero-order valence-corrected chi connectivity index (χ0v) is 23.1. The van der Waals surface area contributed by atoms with Crippen LogP contribution in [-0.2, 0) is 14.4 Å². The van der Waals surface area contributed by atoms with Gasteiger partial charge in [0.1, 0.15) is 5.75 Å². The number of nitrogens with one attached hydrogen (secondary N) is 2. The molecular formula is C31H27FN4O6. The van der Waals surface area contributed by atoms with Crippen LogP contribution in [0.4, 0.5) is 15.8 Å². The number of Topliss-reactive ketones (excluding diaryl/α,β-unsaturated/α-hetero) is 2. The minimum atomic E-state index is -0.713. The number of anilines is 2. The molecule has 1 aromatic heterocycles. The molecule has 0 radical (unpaired) electrons. The highest BCUT2D eigenvalue weighted by atomic mass is 19.1. The maximum Gasteiger partial charge on any atom is 0.255 e. The summed E-state index contributed by atoms with van der Waals surface area (Å²) >= 11 is 0. The number of hydrazine groups is 1. The molecule has 1 aliphatic heterocycles. The number of aromatic nitrogens is 1. The summed E-state index contributed by atoms with van der Waals surface area (Å²) in [7, 11) is 3.03. The fourth-order valence-corrected chi connectivity index (χ4v) is 4.45. The lowest BCUT2D eigenvalue weighted by atomic mass is 10.1. The third kappa shape index (κ3) is 5.85. The zero-order chi connectivity index (χ0) is 29.8. The second-order valence-electron chi connectivity index (χ2n) is 9.38. The molecule has 0 atom stereocenters. The third-order valence-electron chi connectivity index (χ3n) is 6.64. The molecule has 4 aromatic rings. The first-order valence-electron chi connectivity index (χ1n) is 12.9. The van der Waals surface area contributed by atoms with Crippen LogP contribution in [0.15, 0.2) is 84.2 Å². The molecule has 0 saturated carbocycles. The number of fused-ring (bicyclic) bond motifs is 1. The minimum absolute atomic E-state index is 0.0694. The molecule has 0 unspecified atom stereocenters. The predicted octanol–water partition coefficient (Wildman–Crippen LogP) is 4.95. The van der Waals surface area contributed by atoms with Crippen LogP contribution in [-0.4, -0.2) is 43.2 Å². The molecule has 3 aromatic carbocycles. The third-order valence-corrected chi connectivity index (χ3v) is 6.64. The number of benzene rings is 3. The predicted molar refractivity (Wildman–Crippen MR) is 154 cm³/mol. The van der Waals surface area contributed by atoms with Crippen molar-refractivity contribution in [1.82, 2.24) is 10.4 Å². The molecule has 5 rings (SSSR count). The summed E-state index contributed by atoms with van der Waals surface area (Å²) in [5.74, 6) is -1.26. The van der Waals surface area contributed by atoms with Crippen LogP contribution in [0.3, 0.4) is 0 Å². The summed E-state index contributed by atoms with van der Waals surface area (Å²) in [5, 5.41) is 4.96. The van der Waals surface area contributed by atoms with Crippen molar-refractivity contribution in [2.75, 3.05) is 31.1 Å². The smallest absolute Gasteiger partial charge is 0.255 e. The van der Waals surface area contributed by atoms with Gasteiger partial charge in [0.25, 0.3) is 5.91 Å². The number of rotatable bonds is 10. The van der Waals surface area contributed by atoms with Gasteiger partial charge in [-0.25, -0.2) is 4.39 Å². The van der Waals surface area contributed by atoms with Crippen molar-refractivity contribution in [2.24, 2.45) is 0 Å². The van der Waals surface area contributed by atoms with Gasteiger partial charge in [-0.05, 0) is 36.4 Å². The van der Waals surface area contributed by atoms with Crippen LogP contribution in [0.25, 0.3) is 10.9 Å². The molecule has 10 nitrogen and oxygen atoms in total. The summed E-state index contributed by atoms with van der Waals surface area (Å²) in [5.41, 5.74) is 5.11. The summed E-state index contributed by atoms with van der Waals surface area (Å²) in [6, 6.07) is 18.2. The van der Waals surface area contributed by atoms with Crippen molar-refractivity contribution >= 4 is 39.8 Å². The number of ether oxygens (including phenoxy) is 3. The van der Waals surface area contributed by atoms with Gasteiger partial charge in [0.2, 0.25) is 5.78 Å². The molecule has 2 heterocycles. The molecule has 0 fully saturated rings. The van der Waals surface area contributed by atoms with E-state index in [1.54, 1.807) is 23.2 Å². The Bertz CT molecular complexity index is 1720. The van der Waals surface area contributed by atoms with Crippen LogP contribution in [0, 0.1) is 5.82 Å². The van der Waals surface area contributed by atoms with Crippen LogP contribution in [0.1, 0.15) is 13.3 Å². The number of pyridine rings is 1. The van der Waals surface area contributed by atoms with Crippen molar-refractivity contribution in [3.05, 3.63) is 90.0 Å². The lowest BCUT2D eigenvalue weighted by Crippen LogP contribution is -2.33. The van der Waals surface area contributed by atoms with Crippen LogP contribution >= 0.6 is 0 Å². The Hall–Kier alpha value is -5.45. The number of halogens is 1. The van der Waals surface area contributed by atoms with Gasteiger partial charge in [-0.1, -0.05) is 18.2 Å². The maximum absolute atomic E-state index is 15.2. The number of hydrogen-bond donors (Lipinski definition) is 2. The van der Waals surface area contributed by atoms with Crippen LogP contribution in [0.2, 0.25) is 0 Å².